The van der Waals surface area contributed by atoms with Crippen LogP contribution in [0.1, 0.15) is 80.3 Å². The summed E-state index contributed by atoms with van der Waals surface area (Å²) in [5.74, 6) is 0.284. The third-order valence-corrected chi connectivity index (χ3v) is 13.5. The molecule has 5 atom stereocenters. The number of nitrogens with one attached hydrogen (secondary N) is 2. The normalized spacial score (nSPS) is 30.8. The number of β-amino-alcohol motifs (C(OH)–C–C–N with tert-alkyl or cyclic N) is 1. The molecule has 47 heavy (non-hydrogen) atoms. The van der Waals surface area contributed by atoms with Crippen LogP contribution < -0.4 is 19.7 Å². The molecule has 2 fully saturated rings. The molecule has 3 heterocycles. The number of anilines is 1. The Balaban J connectivity index is 1.37. The zero-order chi connectivity index (χ0) is 33.2. The van der Waals surface area contributed by atoms with Gasteiger partial charge in [-0.1, -0.05) is 31.0 Å². The molecule has 1 saturated heterocycles. The van der Waals surface area contributed by atoms with Gasteiger partial charge in [0.05, 0.1) is 16.5 Å². The second kappa shape index (κ2) is 14.6. The lowest BCUT2D eigenvalue weighted by molar-refractivity contribution is -0.106. The first-order valence-corrected chi connectivity index (χ1v) is 19.5. The Morgan fingerprint density at radius 3 is 2.57 bits per heavy atom. The van der Waals surface area contributed by atoms with Crippen molar-refractivity contribution in [3.05, 3.63) is 58.1 Å². The van der Waals surface area contributed by atoms with Gasteiger partial charge < -0.3 is 20.1 Å². The van der Waals surface area contributed by atoms with Gasteiger partial charge in [0.2, 0.25) is 10.0 Å². The minimum absolute atomic E-state index is 0.141. The van der Waals surface area contributed by atoms with Crippen LogP contribution in [0.4, 0.5) is 5.69 Å². The summed E-state index contributed by atoms with van der Waals surface area (Å²) in [6, 6.07) is 11.2. The number of amides is 1. The van der Waals surface area contributed by atoms with E-state index < -0.39 is 26.8 Å². The molecule has 3 N–H and O–H groups in total. The lowest BCUT2D eigenvalue weighted by Crippen LogP contribution is -2.58. The maximum Gasteiger partial charge on any atom is 0.264 e. The number of rotatable bonds is 2. The molecular weight excluding hydrogens is 636 g/mol. The van der Waals surface area contributed by atoms with E-state index in [1.165, 1.54) is 5.56 Å². The molecule has 2 bridgehead atoms. The Hall–Kier alpha value is -2.37. The summed E-state index contributed by atoms with van der Waals surface area (Å²) in [5, 5.41) is 15.9. The topological polar surface area (TPSA) is 111 Å². The minimum Gasteiger partial charge on any atom is -0.487 e. The summed E-state index contributed by atoms with van der Waals surface area (Å²) in [7, 11) is -3.93. The molecule has 1 unspecified atom stereocenters. The van der Waals surface area contributed by atoms with E-state index in [-0.39, 0.29) is 17.4 Å². The van der Waals surface area contributed by atoms with Crippen molar-refractivity contribution in [1.82, 2.24) is 14.9 Å². The average Bonchev–Trinajstić information content (AvgIpc) is 3.05. The predicted molar refractivity (Wildman–Crippen MR) is 187 cm³/mol. The van der Waals surface area contributed by atoms with E-state index in [4.69, 9.17) is 16.3 Å². The molecule has 4 aliphatic rings. The number of ether oxygens (including phenoxy) is 1. The van der Waals surface area contributed by atoms with Crippen LogP contribution in [0, 0.1) is 17.8 Å². The molecule has 9 nitrogen and oxygen atoms in total. The van der Waals surface area contributed by atoms with Crippen LogP contribution in [0.2, 0.25) is 5.02 Å². The van der Waals surface area contributed by atoms with Crippen molar-refractivity contribution in [2.45, 2.75) is 82.7 Å². The number of hydrogen-bond donors (Lipinski definition) is 3. The number of piperazine rings is 1. The molecule has 0 radical (unpaired) electrons. The SMILES string of the molecule is C[C@@H]1[C@@H](C)CCCC(O)(CN2CCNCC2)[C@@H]2CC[C@H]2CN2CCCCc3cc(Cl)ccc3COc3ccc(cc32)C(=O)NS1(=O)=O. The first kappa shape index (κ1) is 34.5. The zero-order valence-electron chi connectivity index (χ0n) is 27.8. The average molecular weight is 687 g/mol. The zero-order valence-corrected chi connectivity index (χ0v) is 29.4. The highest BCUT2D eigenvalue weighted by Gasteiger charge is 2.47. The fraction of sp³-hybridized carbons (Fsp3) is 0.639. The molecule has 2 aromatic rings. The number of nitrogens with zero attached hydrogens (tertiary/aromatic N) is 2. The summed E-state index contributed by atoms with van der Waals surface area (Å²) >= 11 is 6.36. The van der Waals surface area contributed by atoms with Gasteiger partial charge in [-0.2, -0.15) is 0 Å². The number of fused-ring (bicyclic) bond motifs is 3. The quantitative estimate of drug-likeness (QED) is 0.406. The van der Waals surface area contributed by atoms with Crippen molar-refractivity contribution in [3.8, 4) is 5.75 Å². The molecule has 2 aromatic carbocycles. The molecule has 11 heteroatoms. The van der Waals surface area contributed by atoms with Crippen LogP contribution in [0.25, 0.3) is 0 Å². The summed E-state index contributed by atoms with van der Waals surface area (Å²) in [6.07, 6.45) is 6.82. The van der Waals surface area contributed by atoms with Crippen LogP contribution in [0.15, 0.2) is 36.4 Å². The molecule has 258 valence electrons. The Morgan fingerprint density at radius 2 is 1.81 bits per heavy atom. The third kappa shape index (κ3) is 7.93. The number of sulfonamides is 1. The van der Waals surface area contributed by atoms with Crippen LogP contribution in [0.3, 0.4) is 0 Å². The van der Waals surface area contributed by atoms with Gasteiger partial charge in [0, 0.05) is 56.4 Å². The summed E-state index contributed by atoms with van der Waals surface area (Å²) < 4.78 is 35.7. The van der Waals surface area contributed by atoms with Gasteiger partial charge in [-0.15, -0.1) is 0 Å². The second-order valence-electron chi connectivity index (χ2n) is 14.4. The number of aryl methyl sites for hydroxylation is 1. The van der Waals surface area contributed by atoms with Crippen LogP contribution in [-0.2, 0) is 23.1 Å². The number of benzene rings is 2. The number of hydrogen-bond acceptors (Lipinski definition) is 8. The number of halogens is 1. The van der Waals surface area contributed by atoms with E-state index in [0.717, 1.165) is 89.0 Å². The molecule has 1 amide bonds. The van der Waals surface area contributed by atoms with Crippen LogP contribution >= 0.6 is 11.6 Å². The predicted octanol–water partition coefficient (Wildman–Crippen LogP) is 4.99. The number of carbonyl (C=O) groups is 1. The van der Waals surface area contributed by atoms with E-state index in [1.807, 2.05) is 25.1 Å². The van der Waals surface area contributed by atoms with Gasteiger partial charge in [-0.05, 0) is 111 Å². The van der Waals surface area contributed by atoms with Crippen LogP contribution in [-0.4, -0.2) is 81.0 Å². The van der Waals surface area contributed by atoms with Crippen molar-refractivity contribution < 1.29 is 23.1 Å². The fourth-order valence-electron chi connectivity index (χ4n) is 8.05. The Morgan fingerprint density at radius 1 is 1.00 bits per heavy atom. The highest BCUT2D eigenvalue weighted by atomic mass is 35.5. The van der Waals surface area contributed by atoms with Crippen molar-refractivity contribution in [2.24, 2.45) is 17.8 Å². The summed E-state index contributed by atoms with van der Waals surface area (Å²) in [6.45, 7) is 9.77. The first-order valence-electron chi connectivity index (χ1n) is 17.5. The lowest BCUT2D eigenvalue weighted by Gasteiger charge is -2.51. The Kier molecular flexibility index (Phi) is 10.7. The largest absolute Gasteiger partial charge is 0.487 e. The smallest absolute Gasteiger partial charge is 0.264 e. The van der Waals surface area contributed by atoms with E-state index in [0.29, 0.717) is 42.7 Å². The van der Waals surface area contributed by atoms with Gasteiger partial charge in [-0.3, -0.25) is 9.69 Å². The molecular formula is C36H51ClN4O5S. The molecule has 0 spiro atoms. The fourth-order valence-corrected chi connectivity index (χ4v) is 9.55. The molecule has 6 rings (SSSR count). The summed E-state index contributed by atoms with van der Waals surface area (Å²) in [4.78, 5) is 18.2. The Bertz CT molecular complexity index is 1530. The maximum atomic E-state index is 13.5. The van der Waals surface area contributed by atoms with E-state index in [2.05, 4.69) is 19.8 Å². The molecule has 3 aliphatic heterocycles. The molecule has 1 saturated carbocycles. The summed E-state index contributed by atoms with van der Waals surface area (Å²) in [5.41, 5.74) is 2.48. The maximum absolute atomic E-state index is 13.5. The monoisotopic (exact) mass is 686 g/mol. The Labute approximate surface area is 285 Å². The van der Waals surface area contributed by atoms with Crippen molar-refractivity contribution >= 4 is 33.2 Å². The first-order chi connectivity index (χ1) is 22.5. The molecule has 1 aliphatic carbocycles. The lowest BCUT2D eigenvalue weighted by atomic mass is 9.62. The van der Waals surface area contributed by atoms with Crippen LogP contribution in [0.5, 0.6) is 5.75 Å². The second-order valence-corrected chi connectivity index (χ2v) is 16.9. The van der Waals surface area contributed by atoms with Crippen molar-refractivity contribution in [2.75, 3.05) is 50.7 Å². The van der Waals surface area contributed by atoms with E-state index in [9.17, 15) is 18.3 Å². The highest BCUT2D eigenvalue weighted by Crippen LogP contribution is 2.46. The standard InChI is InChI=1S/C36H51ClN4O5S/c1-25-6-5-14-36(43,24-40-18-15-38-16-19-40)32-12-9-29(32)22-41-17-4-3-7-27-20-31(37)11-8-30(27)23-46-34-13-10-28(21-33(34)41)35(42)39-47(44,45)26(25)2/h8,10-11,13,20-21,25-26,29,32,38,43H,3-7,9,12,14-19,22-24H2,1-2H3,(H,39,42)/t25-,26+,29-,32+,36?/m0/s1. The van der Waals surface area contributed by atoms with Gasteiger partial charge in [-0.25, -0.2) is 13.1 Å². The molecule has 0 aromatic heterocycles. The third-order valence-electron chi connectivity index (χ3n) is 11.3. The minimum atomic E-state index is -3.93. The number of carbonyl (C=O) groups excluding carboxylic acids is 1. The van der Waals surface area contributed by atoms with E-state index in [1.54, 1.807) is 25.1 Å². The van der Waals surface area contributed by atoms with Crippen molar-refractivity contribution in [3.63, 3.8) is 0 Å². The van der Waals surface area contributed by atoms with Gasteiger partial charge in [0.25, 0.3) is 5.91 Å². The number of aliphatic hydroxyl groups is 1. The van der Waals surface area contributed by atoms with Crippen molar-refractivity contribution in [1.29, 1.82) is 0 Å². The van der Waals surface area contributed by atoms with Gasteiger partial charge in [0.1, 0.15) is 12.4 Å². The van der Waals surface area contributed by atoms with Gasteiger partial charge in [0.15, 0.2) is 0 Å². The highest BCUT2D eigenvalue weighted by molar-refractivity contribution is 7.90. The van der Waals surface area contributed by atoms with E-state index >= 15 is 0 Å². The van der Waals surface area contributed by atoms with Gasteiger partial charge >= 0.3 is 0 Å².